The summed E-state index contributed by atoms with van der Waals surface area (Å²) in [5, 5.41) is 10.5. The summed E-state index contributed by atoms with van der Waals surface area (Å²) in [5.74, 6) is 0.399. The minimum atomic E-state index is 0.0885. The smallest absolute Gasteiger partial charge is 0.269 e. The summed E-state index contributed by atoms with van der Waals surface area (Å²) in [5.41, 5.74) is 1.39. The topological polar surface area (TPSA) is 37.5 Å². The highest BCUT2D eigenvalue weighted by Crippen LogP contribution is 2.34. The molecule has 0 radical (unpaired) electrons. The number of aromatic hydroxyl groups is 1. The van der Waals surface area contributed by atoms with Crippen molar-refractivity contribution in [2.45, 2.75) is 6.42 Å². The molecule has 0 atom stereocenters. The van der Waals surface area contributed by atoms with Crippen molar-refractivity contribution in [1.82, 2.24) is 4.98 Å². The molecule has 0 fully saturated rings. The maximum Gasteiger partial charge on any atom is 0.269 e. The zero-order chi connectivity index (χ0) is 13.1. The molecule has 90 valence electrons. The van der Waals surface area contributed by atoms with Gasteiger partial charge < -0.3 is 9.95 Å². The molecular formula is C13H8Cl2N2O. The van der Waals surface area contributed by atoms with Crippen LogP contribution in [0, 0.1) is 6.57 Å². The Kier molecular flexibility index (Phi) is 3.71. The average molecular weight is 279 g/mol. The highest BCUT2D eigenvalue weighted by atomic mass is 35.5. The summed E-state index contributed by atoms with van der Waals surface area (Å²) in [7, 11) is 0. The fraction of sp³-hybridized carbons (Fsp3) is 0.0769. The first kappa shape index (κ1) is 12.7. The molecule has 18 heavy (non-hydrogen) atoms. The van der Waals surface area contributed by atoms with Crippen molar-refractivity contribution < 1.29 is 5.11 Å². The van der Waals surface area contributed by atoms with Crippen LogP contribution in [-0.2, 0) is 6.42 Å². The van der Waals surface area contributed by atoms with E-state index in [4.69, 9.17) is 29.8 Å². The SMILES string of the molecule is [C-]#[N+]c1cc(Cc2c(O)ccc(Cl)c2Cl)ccn1. The molecule has 1 heterocycles. The number of nitrogens with zero attached hydrogens (tertiary/aromatic N) is 2. The zero-order valence-electron chi connectivity index (χ0n) is 9.19. The Balaban J connectivity index is 2.40. The lowest BCUT2D eigenvalue weighted by Gasteiger charge is -2.08. The highest BCUT2D eigenvalue weighted by molar-refractivity contribution is 6.42. The second-order valence-electron chi connectivity index (χ2n) is 3.67. The van der Waals surface area contributed by atoms with Crippen LogP contribution in [0.15, 0.2) is 30.5 Å². The van der Waals surface area contributed by atoms with Gasteiger partial charge in [0, 0.05) is 12.0 Å². The lowest BCUT2D eigenvalue weighted by atomic mass is 10.0. The Morgan fingerprint density at radius 2 is 2.06 bits per heavy atom. The Morgan fingerprint density at radius 1 is 1.28 bits per heavy atom. The first-order chi connectivity index (χ1) is 8.61. The highest BCUT2D eigenvalue weighted by Gasteiger charge is 2.11. The van der Waals surface area contributed by atoms with Gasteiger partial charge in [-0.2, -0.15) is 0 Å². The van der Waals surface area contributed by atoms with E-state index in [0.29, 0.717) is 27.8 Å². The fourth-order valence-electron chi connectivity index (χ4n) is 1.59. The third kappa shape index (κ3) is 2.56. The van der Waals surface area contributed by atoms with E-state index in [1.807, 2.05) is 0 Å². The molecule has 3 nitrogen and oxygen atoms in total. The maximum absolute atomic E-state index is 9.78. The summed E-state index contributed by atoms with van der Waals surface area (Å²) >= 11 is 12.0. The van der Waals surface area contributed by atoms with E-state index in [1.54, 1.807) is 24.4 Å². The van der Waals surface area contributed by atoms with Gasteiger partial charge in [0.2, 0.25) is 0 Å². The van der Waals surface area contributed by atoms with Crippen LogP contribution < -0.4 is 0 Å². The monoisotopic (exact) mass is 278 g/mol. The summed E-state index contributed by atoms with van der Waals surface area (Å²) in [6.07, 6.45) is 1.95. The van der Waals surface area contributed by atoms with Gasteiger partial charge in [0.1, 0.15) is 11.9 Å². The number of pyridine rings is 1. The van der Waals surface area contributed by atoms with Gasteiger partial charge >= 0.3 is 0 Å². The van der Waals surface area contributed by atoms with Crippen molar-refractivity contribution >= 4 is 29.0 Å². The maximum atomic E-state index is 9.78. The molecule has 0 aliphatic heterocycles. The van der Waals surface area contributed by atoms with Gasteiger partial charge in [-0.3, -0.25) is 0 Å². The third-order valence-electron chi connectivity index (χ3n) is 2.48. The quantitative estimate of drug-likeness (QED) is 0.835. The molecule has 0 bridgehead atoms. The normalized spacial score (nSPS) is 10.1. The minimum absolute atomic E-state index is 0.0885. The molecule has 0 spiro atoms. The molecule has 0 aliphatic rings. The molecule has 0 aliphatic carbocycles. The molecular weight excluding hydrogens is 271 g/mol. The van der Waals surface area contributed by atoms with Crippen molar-refractivity contribution in [3.8, 4) is 5.75 Å². The number of hydrogen-bond donors (Lipinski definition) is 1. The summed E-state index contributed by atoms with van der Waals surface area (Å²) in [6, 6.07) is 6.47. The molecule has 0 saturated carbocycles. The Morgan fingerprint density at radius 3 is 2.78 bits per heavy atom. The van der Waals surface area contributed by atoms with E-state index in [-0.39, 0.29) is 5.75 Å². The largest absolute Gasteiger partial charge is 0.508 e. The predicted molar refractivity (Wildman–Crippen MR) is 71.4 cm³/mol. The minimum Gasteiger partial charge on any atom is -0.508 e. The number of rotatable bonds is 2. The molecule has 0 saturated heterocycles. The van der Waals surface area contributed by atoms with Crippen molar-refractivity contribution in [2.24, 2.45) is 0 Å². The second kappa shape index (κ2) is 5.26. The van der Waals surface area contributed by atoms with E-state index in [2.05, 4.69) is 9.83 Å². The van der Waals surface area contributed by atoms with Gasteiger partial charge in [-0.1, -0.05) is 29.8 Å². The molecule has 1 aromatic carbocycles. The molecule has 2 rings (SSSR count). The molecule has 0 amide bonds. The molecule has 0 unspecified atom stereocenters. The van der Waals surface area contributed by atoms with Crippen LogP contribution in [0.5, 0.6) is 5.75 Å². The average Bonchev–Trinajstić information content (AvgIpc) is 2.39. The van der Waals surface area contributed by atoms with Crippen LogP contribution in [0.25, 0.3) is 4.85 Å². The lowest BCUT2D eigenvalue weighted by Crippen LogP contribution is -1.91. The van der Waals surface area contributed by atoms with Crippen molar-refractivity contribution in [3.63, 3.8) is 0 Å². The van der Waals surface area contributed by atoms with Crippen LogP contribution in [0.3, 0.4) is 0 Å². The lowest BCUT2D eigenvalue weighted by molar-refractivity contribution is 0.469. The van der Waals surface area contributed by atoms with Gasteiger partial charge in [-0.15, -0.1) is 4.98 Å². The number of phenolic OH excluding ortho intramolecular Hbond substituents is 1. The van der Waals surface area contributed by atoms with E-state index in [9.17, 15) is 5.11 Å². The van der Waals surface area contributed by atoms with Crippen LogP contribution in [0.2, 0.25) is 10.0 Å². The number of phenols is 1. The van der Waals surface area contributed by atoms with Crippen molar-refractivity contribution in [1.29, 1.82) is 0 Å². The summed E-state index contributed by atoms with van der Waals surface area (Å²) in [4.78, 5) is 7.14. The van der Waals surface area contributed by atoms with E-state index >= 15 is 0 Å². The van der Waals surface area contributed by atoms with Gasteiger partial charge in [-0.05, 0) is 29.8 Å². The summed E-state index contributed by atoms with van der Waals surface area (Å²) < 4.78 is 0. The van der Waals surface area contributed by atoms with Gasteiger partial charge in [-0.25, -0.2) is 0 Å². The van der Waals surface area contributed by atoms with E-state index in [0.717, 1.165) is 5.56 Å². The zero-order valence-corrected chi connectivity index (χ0v) is 10.7. The van der Waals surface area contributed by atoms with Crippen LogP contribution in [0.4, 0.5) is 5.82 Å². The van der Waals surface area contributed by atoms with Crippen LogP contribution >= 0.6 is 23.2 Å². The molecule has 1 aromatic heterocycles. The second-order valence-corrected chi connectivity index (χ2v) is 4.46. The predicted octanol–water partition coefficient (Wildman–Crippen LogP) is 4.24. The number of aromatic nitrogens is 1. The fourth-order valence-corrected chi connectivity index (χ4v) is 1.99. The van der Waals surface area contributed by atoms with Gasteiger partial charge in [0.25, 0.3) is 5.82 Å². The van der Waals surface area contributed by atoms with Gasteiger partial charge in [0.15, 0.2) is 0 Å². The Bertz CT molecular complexity index is 635. The third-order valence-corrected chi connectivity index (χ3v) is 3.32. The first-order valence-electron chi connectivity index (χ1n) is 5.10. The Labute approximate surface area is 114 Å². The van der Waals surface area contributed by atoms with E-state index < -0.39 is 0 Å². The van der Waals surface area contributed by atoms with Crippen LogP contribution in [-0.4, -0.2) is 10.1 Å². The number of benzene rings is 1. The number of hydrogen-bond acceptors (Lipinski definition) is 2. The summed E-state index contributed by atoms with van der Waals surface area (Å²) in [6.45, 7) is 6.90. The van der Waals surface area contributed by atoms with Crippen LogP contribution in [0.1, 0.15) is 11.1 Å². The Hall–Kier alpha value is -1.76. The van der Waals surface area contributed by atoms with Crippen molar-refractivity contribution in [2.75, 3.05) is 0 Å². The molecule has 1 N–H and O–H groups in total. The standard InChI is InChI=1S/C13H8Cl2N2O/c1-16-12-7-8(4-5-17-12)6-9-11(18)3-2-10(14)13(9)15/h2-5,7,18H,6H2. The van der Waals surface area contributed by atoms with Crippen molar-refractivity contribution in [3.05, 3.63) is 63.1 Å². The number of halogens is 2. The molecule has 2 aromatic rings. The van der Waals surface area contributed by atoms with Gasteiger partial charge in [0.05, 0.1) is 10.0 Å². The first-order valence-corrected chi connectivity index (χ1v) is 5.85. The van der Waals surface area contributed by atoms with E-state index in [1.165, 1.54) is 6.07 Å². The molecule has 5 heteroatoms.